The second-order valence-electron chi connectivity index (χ2n) is 5.24. The summed E-state index contributed by atoms with van der Waals surface area (Å²) in [5.41, 5.74) is -0.827. The number of esters is 1. The van der Waals surface area contributed by atoms with Crippen LogP contribution in [-0.2, 0) is 9.47 Å². The molecule has 0 saturated carbocycles. The van der Waals surface area contributed by atoms with Crippen molar-refractivity contribution in [1.29, 1.82) is 0 Å². The van der Waals surface area contributed by atoms with Gasteiger partial charge in [-0.3, -0.25) is 0 Å². The Labute approximate surface area is 133 Å². The van der Waals surface area contributed by atoms with E-state index in [9.17, 15) is 20.1 Å². The number of carbonyl (C=O) groups is 1. The van der Waals surface area contributed by atoms with Gasteiger partial charge in [0.25, 0.3) is 0 Å². The van der Waals surface area contributed by atoms with Crippen molar-refractivity contribution in [2.45, 2.75) is 31.0 Å². The summed E-state index contributed by atoms with van der Waals surface area (Å²) in [6.45, 7) is 0.859. The highest BCUT2D eigenvalue weighted by atomic mass is 16.6. The minimum atomic E-state index is -1.64. The van der Waals surface area contributed by atoms with Crippen LogP contribution in [0.5, 0.6) is 0 Å². The van der Waals surface area contributed by atoms with Crippen molar-refractivity contribution < 1.29 is 34.7 Å². The highest BCUT2D eigenvalue weighted by molar-refractivity contribution is 5.89. The second-order valence-corrected chi connectivity index (χ2v) is 5.24. The SMILES string of the molecule is CCOC(=O)c1ccc(N[C@]2(CO)O[C@H](CO)[C@@H](O)[C@@H]2O)cc1. The van der Waals surface area contributed by atoms with Crippen LogP contribution in [0.15, 0.2) is 24.3 Å². The van der Waals surface area contributed by atoms with Gasteiger partial charge in [0.05, 0.1) is 25.4 Å². The van der Waals surface area contributed by atoms with E-state index >= 15 is 0 Å². The monoisotopic (exact) mass is 327 g/mol. The van der Waals surface area contributed by atoms with Gasteiger partial charge in [-0.05, 0) is 31.2 Å². The summed E-state index contributed by atoms with van der Waals surface area (Å²) in [7, 11) is 0. The Morgan fingerprint density at radius 2 is 1.96 bits per heavy atom. The van der Waals surface area contributed by atoms with Crippen LogP contribution in [0, 0.1) is 0 Å². The van der Waals surface area contributed by atoms with Gasteiger partial charge >= 0.3 is 5.97 Å². The van der Waals surface area contributed by atoms with E-state index in [1.54, 1.807) is 19.1 Å². The fraction of sp³-hybridized carbons (Fsp3) is 0.533. The van der Waals surface area contributed by atoms with Crippen LogP contribution < -0.4 is 5.32 Å². The van der Waals surface area contributed by atoms with E-state index in [4.69, 9.17) is 14.6 Å². The maximum atomic E-state index is 11.6. The lowest BCUT2D eigenvalue weighted by molar-refractivity contribution is -0.0999. The first-order valence-electron chi connectivity index (χ1n) is 7.28. The maximum Gasteiger partial charge on any atom is 0.338 e. The molecule has 0 bridgehead atoms. The number of aliphatic hydroxyl groups excluding tert-OH is 4. The van der Waals surface area contributed by atoms with E-state index < -0.39 is 43.2 Å². The second kappa shape index (κ2) is 7.24. The number of rotatable bonds is 6. The average Bonchev–Trinajstić information content (AvgIpc) is 2.81. The van der Waals surface area contributed by atoms with Gasteiger partial charge < -0.3 is 35.2 Å². The van der Waals surface area contributed by atoms with Crippen LogP contribution in [0.2, 0.25) is 0 Å². The molecular weight excluding hydrogens is 306 g/mol. The lowest BCUT2D eigenvalue weighted by atomic mass is 10.0. The number of aliphatic hydroxyl groups is 4. The number of hydrogen-bond donors (Lipinski definition) is 5. The van der Waals surface area contributed by atoms with Crippen LogP contribution >= 0.6 is 0 Å². The van der Waals surface area contributed by atoms with Gasteiger partial charge in [0.15, 0.2) is 5.72 Å². The van der Waals surface area contributed by atoms with E-state index in [1.165, 1.54) is 12.1 Å². The molecule has 1 aromatic carbocycles. The zero-order valence-electron chi connectivity index (χ0n) is 12.7. The first kappa shape index (κ1) is 17.6. The third-order valence-corrected chi connectivity index (χ3v) is 3.71. The number of nitrogens with one attached hydrogen (secondary N) is 1. The fourth-order valence-corrected chi connectivity index (χ4v) is 2.46. The number of carbonyl (C=O) groups excluding carboxylic acids is 1. The number of anilines is 1. The predicted octanol–water partition coefficient (Wildman–Crippen LogP) is -0.923. The van der Waals surface area contributed by atoms with Crippen molar-refractivity contribution >= 4 is 11.7 Å². The third-order valence-electron chi connectivity index (χ3n) is 3.71. The zero-order valence-corrected chi connectivity index (χ0v) is 12.7. The molecule has 0 aromatic heterocycles. The topological polar surface area (TPSA) is 128 Å². The number of benzene rings is 1. The van der Waals surface area contributed by atoms with E-state index in [2.05, 4.69) is 5.32 Å². The average molecular weight is 327 g/mol. The molecular formula is C15H21NO7. The summed E-state index contributed by atoms with van der Waals surface area (Å²) < 4.78 is 10.3. The van der Waals surface area contributed by atoms with Crippen LogP contribution in [0.3, 0.4) is 0 Å². The molecule has 5 N–H and O–H groups in total. The summed E-state index contributed by atoms with van der Waals surface area (Å²) in [5.74, 6) is -0.455. The molecule has 1 heterocycles. The van der Waals surface area contributed by atoms with Crippen LogP contribution in [0.4, 0.5) is 5.69 Å². The normalized spacial score (nSPS) is 30.2. The molecule has 1 aliphatic rings. The van der Waals surface area contributed by atoms with Gasteiger partial charge in [-0.15, -0.1) is 0 Å². The molecule has 4 atom stereocenters. The molecule has 1 saturated heterocycles. The van der Waals surface area contributed by atoms with Crippen LogP contribution in [-0.4, -0.2) is 70.3 Å². The molecule has 0 amide bonds. The lowest BCUT2D eigenvalue weighted by Gasteiger charge is -2.32. The third kappa shape index (κ3) is 3.46. The summed E-state index contributed by atoms with van der Waals surface area (Å²) in [6, 6.07) is 6.15. The van der Waals surface area contributed by atoms with Crippen LogP contribution in [0.25, 0.3) is 0 Å². The van der Waals surface area contributed by atoms with Crippen LogP contribution in [0.1, 0.15) is 17.3 Å². The minimum absolute atomic E-state index is 0.271. The Hall–Kier alpha value is -1.71. The van der Waals surface area contributed by atoms with Crippen molar-refractivity contribution in [2.24, 2.45) is 0 Å². The molecule has 8 heteroatoms. The van der Waals surface area contributed by atoms with Crippen molar-refractivity contribution in [2.75, 3.05) is 25.1 Å². The molecule has 128 valence electrons. The highest BCUT2D eigenvalue weighted by Crippen LogP contribution is 2.32. The summed E-state index contributed by atoms with van der Waals surface area (Å²) in [6.07, 6.45) is -3.78. The maximum absolute atomic E-state index is 11.6. The minimum Gasteiger partial charge on any atom is -0.462 e. The van der Waals surface area contributed by atoms with E-state index in [0.29, 0.717) is 11.3 Å². The Bertz CT molecular complexity index is 535. The van der Waals surface area contributed by atoms with E-state index in [-0.39, 0.29) is 6.61 Å². The number of ether oxygens (including phenoxy) is 2. The summed E-state index contributed by atoms with van der Waals surface area (Å²) in [4.78, 5) is 11.6. The van der Waals surface area contributed by atoms with Gasteiger partial charge in [-0.2, -0.15) is 0 Å². The molecule has 0 radical (unpaired) electrons. The van der Waals surface area contributed by atoms with Gasteiger partial charge in [-0.1, -0.05) is 0 Å². The van der Waals surface area contributed by atoms with E-state index in [1.807, 2.05) is 0 Å². The molecule has 0 unspecified atom stereocenters. The fourth-order valence-electron chi connectivity index (χ4n) is 2.46. The Kier molecular flexibility index (Phi) is 5.55. The summed E-state index contributed by atoms with van der Waals surface area (Å²) >= 11 is 0. The quantitative estimate of drug-likeness (QED) is 0.424. The molecule has 0 spiro atoms. The Morgan fingerprint density at radius 1 is 1.30 bits per heavy atom. The standard InChI is InChI=1S/C15H21NO7/c1-2-22-14(21)9-3-5-10(6-4-9)16-15(8-18)13(20)12(19)11(7-17)23-15/h3-6,11-13,16-20H,2,7-8H2,1H3/t11-,12-,13+,15-/m1/s1. The Morgan fingerprint density at radius 3 is 2.43 bits per heavy atom. The van der Waals surface area contributed by atoms with Crippen molar-refractivity contribution in [3.8, 4) is 0 Å². The first-order chi connectivity index (χ1) is 11.0. The molecule has 23 heavy (non-hydrogen) atoms. The first-order valence-corrected chi connectivity index (χ1v) is 7.28. The van der Waals surface area contributed by atoms with Crippen molar-refractivity contribution in [1.82, 2.24) is 0 Å². The molecule has 2 rings (SSSR count). The smallest absolute Gasteiger partial charge is 0.338 e. The lowest BCUT2D eigenvalue weighted by Crippen LogP contribution is -2.52. The molecule has 1 aliphatic heterocycles. The van der Waals surface area contributed by atoms with E-state index in [0.717, 1.165) is 0 Å². The van der Waals surface area contributed by atoms with Gasteiger partial charge in [-0.25, -0.2) is 4.79 Å². The zero-order chi connectivity index (χ0) is 17.0. The highest BCUT2D eigenvalue weighted by Gasteiger charge is 2.54. The molecule has 1 fully saturated rings. The van der Waals surface area contributed by atoms with Crippen molar-refractivity contribution in [3.63, 3.8) is 0 Å². The predicted molar refractivity (Wildman–Crippen MR) is 79.8 cm³/mol. The van der Waals surface area contributed by atoms with Crippen molar-refractivity contribution in [3.05, 3.63) is 29.8 Å². The largest absolute Gasteiger partial charge is 0.462 e. The summed E-state index contributed by atoms with van der Waals surface area (Å²) in [5, 5.41) is 41.4. The van der Waals surface area contributed by atoms with Gasteiger partial charge in [0, 0.05) is 5.69 Å². The molecule has 0 aliphatic carbocycles. The van der Waals surface area contributed by atoms with Gasteiger partial charge in [0.1, 0.15) is 18.3 Å². The molecule has 8 nitrogen and oxygen atoms in total. The number of hydrogen-bond acceptors (Lipinski definition) is 8. The Balaban J connectivity index is 2.15. The van der Waals surface area contributed by atoms with Gasteiger partial charge in [0.2, 0.25) is 0 Å². The molecule has 1 aromatic rings.